The third-order valence-corrected chi connectivity index (χ3v) is 5.31. The largest absolute Gasteiger partial charge is 0.450 e. The third kappa shape index (κ3) is 3.57. The highest BCUT2D eigenvalue weighted by Gasteiger charge is 2.23. The molecule has 0 bridgehead atoms. The lowest BCUT2D eigenvalue weighted by Crippen LogP contribution is -2.49. The lowest BCUT2D eigenvalue weighted by Gasteiger charge is -2.34. The quantitative estimate of drug-likeness (QED) is 0.562. The maximum Gasteiger partial charge on any atom is 0.238 e. The standard InChI is InChI=1S/C22H20FN5O2/c23-15-5-7-16(8-6-15)26-19(29)13-27-9-11-28(12-10-27)22-21-20(24-14-25-22)17-3-1-2-4-18(17)30-21/h1-8,14H,9-13H2,(H,26,29). The molecule has 7 nitrogen and oxygen atoms in total. The summed E-state index contributed by atoms with van der Waals surface area (Å²) in [5, 5.41) is 3.78. The number of hydrogen-bond donors (Lipinski definition) is 1. The monoisotopic (exact) mass is 405 g/mol. The maximum atomic E-state index is 13.0. The summed E-state index contributed by atoms with van der Waals surface area (Å²) >= 11 is 0. The molecule has 0 radical (unpaired) electrons. The highest BCUT2D eigenvalue weighted by atomic mass is 19.1. The minimum Gasteiger partial charge on any atom is -0.450 e. The van der Waals surface area contributed by atoms with E-state index in [4.69, 9.17) is 4.42 Å². The summed E-state index contributed by atoms with van der Waals surface area (Å²) in [5.41, 5.74) is 2.90. The van der Waals surface area contributed by atoms with Gasteiger partial charge in [0.05, 0.1) is 6.54 Å². The minimum absolute atomic E-state index is 0.114. The van der Waals surface area contributed by atoms with Gasteiger partial charge in [-0.1, -0.05) is 12.1 Å². The van der Waals surface area contributed by atoms with E-state index >= 15 is 0 Å². The lowest BCUT2D eigenvalue weighted by atomic mass is 10.2. The van der Waals surface area contributed by atoms with E-state index in [2.05, 4.69) is 25.1 Å². The summed E-state index contributed by atoms with van der Waals surface area (Å²) in [6.07, 6.45) is 1.57. The molecule has 3 heterocycles. The van der Waals surface area contributed by atoms with Crippen molar-refractivity contribution in [1.29, 1.82) is 0 Å². The van der Waals surface area contributed by atoms with E-state index in [0.717, 1.165) is 48.5 Å². The van der Waals surface area contributed by atoms with Gasteiger partial charge in [-0.25, -0.2) is 14.4 Å². The molecule has 30 heavy (non-hydrogen) atoms. The minimum atomic E-state index is -0.326. The summed E-state index contributed by atoms with van der Waals surface area (Å²) in [6.45, 7) is 3.19. The van der Waals surface area contributed by atoms with E-state index in [9.17, 15) is 9.18 Å². The van der Waals surface area contributed by atoms with Gasteiger partial charge in [0.2, 0.25) is 5.91 Å². The van der Waals surface area contributed by atoms with E-state index in [-0.39, 0.29) is 18.3 Å². The molecule has 2 aromatic carbocycles. The molecule has 1 aliphatic rings. The smallest absolute Gasteiger partial charge is 0.238 e. The van der Waals surface area contributed by atoms with Crippen molar-refractivity contribution in [2.75, 3.05) is 42.9 Å². The average molecular weight is 405 g/mol. The van der Waals surface area contributed by atoms with Crippen molar-refractivity contribution in [3.63, 3.8) is 0 Å². The number of nitrogens with zero attached hydrogens (tertiary/aromatic N) is 4. The molecule has 0 atom stereocenters. The zero-order valence-electron chi connectivity index (χ0n) is 16.2. The Morgan fingerprint density at radius 2 is 1.80 bits per heavy atom. The van der Waals surface area contributed by atoms with Gasteiger partial charge < -0.3 is 14.6 Å². The number of piperazine rings is 1. The van der Waals surface area contributed by atoms with Crippen molar-refractivity contribution in [1.82, 2.24) is 14.9 Å². The normalized spacial score (nSPS) is 15.0. The summed E-state index contributed by atoms with van der Waals surface area (Å²) in [6, 6.07) is 13.6. The topological polar surface area (TPSA) is 74.5 Å². The first-order chi connectivity index (χ1) is 14.7. The van der Waals surface area contributed by atoms with Crippen LogP contribution in [0.1, 0.15) is 0 Å². The zero-order valence-corrected chi connectivity index (χ0v) is 16.2. The van der Waals surface area contributed by atoms with Crippen molar-refractivity contribution < 1.29 is 13.6 Å². The van der Waals surface area contributed by atoms with Crippen LogP contribution < -0.4 is 10.2 Å². The van der Waals surface area contributed by atoms with Gasteiger partial charge >= 0.3 is 0 Å². The van der Waals surface area contributed by atoms with Crippen LogP contribution in [-0.4, -0.2) is 53.5 Å². The van der Waals surface area contributed by atoms with E-state index in [1.807, 2.05) is 24.3 Å². The zero-order chi connectivity index (χ0) is 20.5. The molecule has 1 aliphatic heterocycles. The number of benzene rings is 2. The van der Waals surface area contributed by atoms with Crippen LogP contribution in [0.2, 0.25) is 0 Å². The second-order valence-electron chi connectivity index (χ2n) is 7.29. The number of amides is 1. The van der Waals surface area contributed by atoms with E-state index in [1.54, 1.807) is 18.5 Å². The summed E-state index contributed by atoms with van der Waals surface area (Å²) in [4.78, 5) is 25.4. The molecule has 5 rings (SSSR count). The number of anilines is 2. The number of aromatic nitrogens is 2. The Balaban J connectivity index is 1.25. The Bertz CT molecular complexity index is 1200. The van der Waals surface area contributed by atoms with Crippen LogP contribution in [-0.2, 0) is 4.79 Å². The van der Waals surface area contributed by atoms with Crippen molar-refractivity contribution in [3.8, 4) is 0 Å². The van der Waals surface area contributed by atoms with Gasteiger partial charge in [-0.15, -0.1) is 0 Å². The molecular formula is C22H20FN5O2. The number of furan rings is 1. The Hall–Kier alpha value is -3.52. The van der Waals surface area contributed by atoms with Crippen LogP contribution in [0.4, 0.5) is 15.9 Å². The fourth-order valence-corrected chi connectivity index (χ4v) is 3.79. The Labute approximate surface area is 172 Å². The number of hydrogen-bond acceptors (Lipinski definition) is 6. The second kappa shape index (κ2) is 7.72. The molecule has 152 valence electrons. The molecule has 0 unspecified atom stereocenters. The fraction of sp³-hybridized carbons (Fsp3) is 0.227. The number of fused-ring (bicyclic) bond motifs is 3. The predicted octanol–water partition coefficient (Wildman–Crippen LogP) is 3.28. The van der Waals surface area contributed by atoms with Gasteiger partial charge in [0.15, 0.2) is 11.4 Å². The van der Waals surface area contributed by atoms with Crippen LogP contribution in [0.3, 0.4) is 0 Å². The second-order valence-corrected chi connectivity index (χ2v) is 7.29. The molecule has 0 saturated carbocycles. The number of carbonyl (C=O) groups is 1. The molecule has 8 heteroatoms. The number of halogens is 1. The molecule has 1 amide bonds. The number of carbonyl (C=O) groups excluding carboxylic acids is 1. The molecule has 1 saturated heterocycles. The molecular weight excluding hydrogens is 385 g/mol. The van der Waals surface area contributed by atoms with Gasteiger partial charge in [0.1, 0.15) is 23.2 Å². The molecule has 0 aliphatic carbocycles. The van der Waals surface area contributed by atoms with E-state index in [0.29, 0.717) is 11.3 Å². The van der Waals surface area contributed by atoms with Crippen molar-refractivity contribution in [2.45, 2.75) is 0 Å². The molecule has 1 N–H and O–H groups in total. The van der Waals surface area contributed by atoms with Crippen molar-refractivity contribution >= 4 is 39.5 Å². The van der Waals surface area contributed by atoms with Crippen LogP contribution in [0.25, 0.3) is 22.1 Å². The molecule has 1 fully saturated rings. The van der Waals surface area contributed by atoms with E-state index in [1.165, 1.54) is 12.1 Å². The molecule has 4 aromatic rings. The van der Waals surface area contributed by atoms with Crippen molar-refractivity contribution in [3.05, 3.63) is 60.7 Å². The van der Waals surface area contributed by atoms with Crippen LogP contribution >= 0.6 is 0 Å². The lowest BCUT2D eigenvalue weighted by molar-refractivity contribution is -0.117. The van der Waals surface area contributed by atoms with Gasteiger partial charge in [0.25, 0.3) is 0 Å². The third-order valence-electron chi connectivity index (χ3n) is 5.31. The molecule has 0 spiro atoms. The van der Waals surface area contributed by atoms with Crippen LogP contribution in [0, 0.1) is 5.82 Å². The predicted molar refractivity (Wildman–Crippen MR) is 113 cm³/mol. The first kappa shape index (κ1) is 18.5. The highest BCUT2D eigenvalue weighted by molar-refractivity contribution is 6.05. The van der Waals surface area contributed by atoms with Crippen molar-refractivity contribution in [2.24, 2.45) is 0 Å². The molecule has 2 aromatic heterocycles. The van der Waals surface area contributed by atoms with Gasteiger partial charge in [-0.2, -0.15) is 0 Å². The van der Waals surface area contributed by atoms with Crippen LogP contribution in [0.5, 0.6) is 0 Å². The number of nitrogens with one attached hydrogen (secondary N) is 1. The number of para-hydroxylation sites is 1. The van der Waals surface area contributed by atoms with Gasteiger partial charge in [-0.3, -0.25) is 9.69 Å². The SMILES string of the molecule is O=C(CN1CCN(c2ncnc3c2oc2ccccc23)CC1)Nc1ccc(F)cc1. The summed E-state index contributed by atoms with van der Waals surface area (Å²) in [7, 11) is 0. The first-order valence-corrected chi connectivity index (χ1v) is 9.82. The Morgan fingerprint density at radius 1 is 1.03 bits per heavy atom. The highest BCUT2D eigenvalue weighted by Crippen LogP contribution is 2.32. The number of rotatable bonds is 4. The Morgan fingerprint density at radius 3 is 2.60 bits per heavy atom. The summed E-state index contributed by atoms with van der Waals surface area (Å²) < 4.78 is 19.0. The van der Waals surface area contributed by atoms with Gasteiger partial charge in [-0.05, 0) is 36.4 Å². The Kier molecular flexibility index (Phi) is 4.76. The van der Waals surface area contributed by atoms with E-state index < -0.39 is 0 Å². The van der Waals surface area contributed by atoms with Gasteiger partial charge in [0, 0.05) is 37.3 Å². The summed E-state index contributed by atoms with van der Waals surface area (Å²) in [5.74, 6) is 0.343. The maximum absolute atomic E-state index is 13.0. The first-order valence-electron chi connectivity index (χ1n) is 9.82. The average Bonchev–Trinajstić information content (AvgIpc) is 3.15. The van der Waals surface area contributed by atoms with Crippen LogP contribution in [0.15, 0.2) is 59.3 Å². The fourth-order valence-electron chi connectivity index (χ4n) is 3.79.